The van der Waals surface area contributed by atoms with E-state index in [1.165, 1.54) is 5.56 Å². The average molecular weight is 221 g/mol. The maximum atomic E-state index is 11.5. The van der Waals surface area contributed by atoms with Gasteiger partial charge in [0.2, 0.25) is 0 Å². The summed E-state index contributed by atoms with van der Waals surface area (Å²) in [4.78, 5) is 11.5. The summed E-state index contributed by atoms with van der Waals surface area (Å²) in [5.41, 5.74) is 0.958. The fraction of sp³-hybridized carbons (Fsp3) is 0.462. The molecule has 0 unspecified atom stereocenters. The Hall–Kier alpha value is -1.51. The second-order valence-electron chi connectivity index (χ2n) is 4.90. The molecule has 0 atom stereocenters. The molecule has 0 radical (unpaired) electrons. The fourth-order valence-electron chi connectivity index (χ4n) is 1.24. The highest BCUT2D eigenvalue weighted by molar-refractivity contribution is 5.78. The summed E-state index contributed by atoms with van der Waals surface area (Å²) in [6.45, 7) is 7.89. The van der Waals surface area contributed by atoms with E-state index in [1.807, 2.05) is 52.0 Å². The maximum absolute atomic E-state index is 11.5. The Morgan fingerprint density at radius 1 is 1.25 bits per heavy atom. The smallest absolute Gasteiger partial charge is 0.258 e. The van der Waals surface area contributed by atoms with Crippen LogP contribution in [-0.2, 0) is 4.79 Å². The lowest BCUT2D eigenvalue weighted by atomic mass is 10.1. The van der Waals surface area contributed by atoms with Gasteiger partial charge in [-0.15, -0.1) is 0 Å². The van der Waals surface area contributed by atoms with Gasteiger partial charge in [0.05, 0.1) is 0 Å². The molecule has 0 aliphatic rings. The molecule has 1 rings (SSSR count). The Morgan fingerprint density at radius 3 is 2.31 bits per heavy atom. The van der Waals surface area contributed by atoms with Crippen molar-refractivity contribution in [3.8, 4) is 5.75 Å². The number of nitrogens with one attached hydrogen (secondary N) is 1. The fourth-order valence-corrected chi connectivity index (χ4v) is 1.24. The van der Waals surface area contributed by atoms with Crippen LogP contribution in [0.25, 0.3) is 0 Å². The van der Waals surface area contributed by atoms with E-state index in [0.717, 1.165) is 5.75 Å². The van der Waals surface area contributed by atoms with Crippen LogP contribution in [0.15, 0.2) is 24.3 Å². The molecule has 0 bridgehead atoms. The van der Waals surface area contributed by atoms with Crippen LogP contribution in [-0.4, -0.2) is 18.1 Å². The number of benzene rings is 1. The van der Waals surface area contributed by atoms with Crippen LogP contribution in [0.1, 0.15) is 26.3 Å². The third kappa shape index (κ3) is 4.82. The van der Waals surface area contributed by atoms with Gasteiger partial charge < -0.3 is 10.1 Å². The molecule has 1 aromatic carbocycles. The molecule has 1 amide bonds. The highest BCUT2D eigenvalue weighted by Crippen LogP contribution is 2.11. The normalized spacial score (nSPS) is 11.0. The molecule has 0 heterocycles. The highest BCUT2D eigenvalue weighted by atomic mass is 16.5. The lowest BCUT2D eigenvalue weighted by molar-refractivity contribution is -0.124. The van der Waals surface area contributed by atoms with Gasteiger partial charge in [0.15, 0.2) is 6.61 Å². The third-order valence-corrected chi connectivity index (χ3v) is 1.91. The highest BCUT2D eigenvalue weighted by Gasteiger charge is 2.13. The van der Waals surface area contributed by atoms with Crippen molar-refractivity contribution >= 4 is 5.91 Å². The van der Waals surface area contributed by atoms with Crippen molar-refractivity contribution in [2.75, 3.05) is 6.61 Å². The Bertz CT molecular complexity index is 349. The molecule has 0 spiro atoms. The topological polar surface area (TPSA) is 38.3 Å². The minimum Gasteiger partial charge on any atom is -0.484 e. The van der Waals surface area contributed by atoms with Crippen molar-refractivity contribution < 1.29 is 9.53 Å². The van der Waals surface area contributed by atoms with E-state index >= 15 is 0 Å². The maximum Gasteiger partial charge on any atom is 0.258 e. The lowest BCUT2D eigenvalue weighted by Gasteiger charge is -2.20. The molecule has 88 valence electrons. The zero-order valence-electron chi connectivity index (χ0n) is 10.3. The van der Waals surface area contributed by atoms with Gasteiger partial charge in [0.1, 0.15) is 5.75 Å². The number of hydrogen-bond donors (Lipinski definition) is 1. The molecule has 3 nitrogen and oxygen atoms in total. The zero-order chi connectivity index (χ0) is 12.2. The first-order valence-corrected chi connectivity index (χ1v) is 5.37. The molecule has 0 fully saturated rings. The van der Waals surface area contributed by atoms with Crippen molar-refractivity contribution in [1.82, 2.24) is 5.32 Å². The molecule has 0 aliphatic heterocycles. The molecule has 1 aromatic rings. The van der Waals surface area contributed by atoms with E-state index in [-0.39, 0.29) is 18.1 Å². The first-order chi connectivity index (χ1) is 7.37. The van der Waals surface area contributed by atoms with Crippen LogP contribution in [0.3, 0.4) is 0 Å². The molecule has 0 saturated heterocycles. The summed E-state index contributed by atoms with van der Waals surface area (Å²) in [7, 11) is 0. The molecule has 16 heavy (non-hydrogen) atoms. The Morgan fingerprint density at radius 2 is 1.81 bits per heavy atom. The number of hydrogen-bond acceptors (Lipinski definition) is 2. The van der Waals surface area contributed by atoms with Gasteiger partial charge in [-0.2, -0.15) is 0 Å². The molecule has 0 aliphatic carbocycles. The van der Waals surface area contributed by atoms with Crippen LogP contribution in [0.5, 0.6) is 5.75 Å². The number of ether oxygens (including phenoxy) is 1. The van der Waals surface area contributed by atoms with E-state index in [4.69, 9.17) is 4.74 Å². The summed E-state index contributed by atoms with van der Waals surface area (Å²) >= 11 is 0. The second kappa shape index (κ2) is 5.01. The minimum absolute atomic E-state index is 0.0559. The molecular weight excluding hydrogens is 202 g/mol. The predicted molar refractivity (Wildman–Crippen MR) is 64.6 cm³/mol. The molecular formula is C13H19NO2. The lowest BCUT2D eigenvalue weighted by Crippen LogP contribution is -2.43. The van der Waals surface area contributed by atoms with Gasteiger partial charge in [-0.1, -0.05) is 17.7 Å². The predicted octanol–water partition coefficient (Wildman–Crippen LogP) is 2.29. The summed E-state index contributed by atoms with van der Waals surface area (Å²) in [5, 5.41) is 2.84. The van der Waals surface area contributed by atoms with Crippen molar-refractivity contribution in [2.45, 2.75) is 33.2 Å². The van der Waals surface area contributed by atoms with Gasteiger partial charge in [-0.3, -0.25) is 4.79 Å². The zero-order valence-corrected chi connectivity index (χ0v) is 10.3. The number of carbonyl (C=O) groups is 1. The molecule has 0 aromatic heterocycles. The van der Waals surface area contributed by atoms with Crippen molar-refractivity contribution in [3.05, 3.63) is 29.8 Å². The Kier molecular flexibility index (Phi) is 3.93. The Labute approximate surface area is 96.8 Å². The number of carbonyl (C=O) groups excluding carboxylic acids is 1. The van der Waals surface area contributed by atoms with E-state index in [2.05, 4.69) is 5.32 Å². The van der Waals surface area contributed by atoms with Crippen molar-refractivity contribution in [3.63, 3.8) is 0 Å². The van der Waals surface area contributed by atoms with Gasteiger partial charge >= 0.3 is 0 Å². The minimum atomic E-state index is -0.215. The third-order valence-electron chi connectivity index (χ3n) is 1.91. The average Bonchev–Trinajstić information content (AvgIpc) is 2.14. The van der Waals surface area contributed by atoms with Crippen LogP contribution in [0, 0.1) is 6.92 Å². The standard InChI is InChI=1S/C13H19NO2/c1-10-5-7-11(8-6-10)16-9-12(15)14-13(2,3)4/h5-8H,9H2,1-4H3,(H,14,15). The number of amides is 1. The summed E-state index contributed by atoms with van der Waals surface area (Å²) in [5.74, 6) is 0.614. The number of rotatable bonds is 3. The Balaban J connectivity index is 2.40. The quantitative estimate of drug-likeness (QED) is 0.850. The first kappa shape index (κ1) is 12.6. The summed E-state index contributed by atoms with van der Waals surface area (Å²) in [6.07, 6.45) is 0. The second-order valence-corrected chi connectivity index (χ2v) is 4.90. The van der Waals surface area contributed by atoms with Crippen LogP contribution in [0.2, 0.25) is 0 Å². The van der Waals surface area contributed by atoms with Crippen molar-refractivity contribution in [1.29, 1.82) is 0 Å². The first-order valence-electron chi connectivity index (χ1n) is 5.37. The monoisotopic (exact) mass is 221 g/mol. The van der Waals surface area contributed by atoms with Crippen molar-refractivity contribution in [2.24, 2.45) is 0 Å². The van der Waals surface area contributed by atoms with E-state index in [0.29, 0.717) is 0 Å². The van der Waals surface area contributed by atoms with E-state index < -0.39 is 0 Å². The van der Waals surface area contributed by atoms with E-state index in [9.17, 15) is 4.79 Å². The van der Waals surface area contributed by atoms with Gasteiger partial charge in [0, 0.05) is 5.54 Å². The summed E-state index contributed by atoms with van der Waals surface area (Å²) < 4.78 is 5.36. The van der Waals surface area contributed by atoms with Gasteiger partial charge in [-0.25, -0.2) is 0 Å². The molecule has 0 saturated carbocycles. The molecule has 3 heteroatoms. The summed E-state index contributed by atoms with van der Waals surface area (Å²) in [6, 6.07) is 7.63. The van der Waals surface area contributed by atoms with Gasteiger partial charge in [-0.05, 0) is 39.8 Å². The largest absolute Gasteiger partial charge is 0.484 e. The number of aryl methyl sites for hydroxylation is 1. The molecule has 1 N–H and O–H groups in total. The van der Waals surface area contributed by atoms with Crippen LogP contribution >= 0.6 is 0 Å². The van der Waals surface area contributed by atoms with Crippen LogP contribution < -0.4 is 10.1 Å². The van der Waals surface area contributed by atoms with Crippen LogP contribution in [0.4, 0.5) is 0 Å². The SMILES string of the molecule is Cc1ccc(OCC(=O)NC(C)(C)C)cc1. The van der Waals surface area contributed by atoms with Gasteiger partial charge in [0.25, 0.3) is 5.91 Å². The van der Waals surface area contributed by atoms with E-state index in [1.54, 1.807) is 0 Å².